The van der Waals surface area contributed by atoms with E-state index in [2.05, 4.69) is 0 Å². The number of ether oxygens (including phenoxy) is 1. The van der Waals surface area contributed by atoms with Gasteiger partial charge in [-0.05, 0) is 23.3 Å². The Morgan fingerprint density at radius 3 is 1.90 bits per heavy atom. The smallest absolute Gasteiger partial charge is 0.344 e. The maximum atomic E-state index is 11.7. The van der Waals surface area contributed by atoms with E-state index >= 15 is 0 Å². The monoisotopic (exact) mass is 302 g/mol. The molecular weight excluding hydrogens is 292 g/mol. The minimum atomic E-state index is -1.68. The number of ketones is 1. The standard InChI is InChI=1S/C16H11ClO4/c17-12-7-5-10(6-8-12)9-1-3-11(4-2-9)15-13(18)14(19)16(20)21-15/h1-8,14-15,19H. The van der Waals surface area contributed by atoms with Gasteiger partial charge in [0.1, 0.15) is 0 Å². The third-order valence-corrected chi connectivity index (χ3v) is 3.63. The van der Waals surface area contributed by atoms with Gasteiger partial charge in [0, 0.05) is 10.6 Å². The van der Waals surface area contributed by atoms with E-state index in [1.807, 2.05) is 24.3 Å². The second kappa shape index (κ2) is 5.31. The highest BCUT2D eigenvalue weighted by atomic mass is 35.5. The molecule has 0 spiro atoms. The summed E-state index contributed by atoms with van der Waals surface area (Å²) in [5, 5.41) is 9.98. The number of aliphatic hydroxyl groups is 1. The zero-order valence-electron chi connectivity index (χ0n) is 10.8. The van der Waals surface area contributed by atoms with Crippen molar-refractivity contribution in [2.45, 2.75) is 12.2 Å². The molecule has 5 heteroatoms. The van der Waals surface area contributed by atoms with E-state index < -0.39 is 24.0 Å². The predicted octanol–water partition coefficient (Wildman–Crippen LogP) is 2.53. The second-order valence-corrected chi connectivity index (χ2v) is 5.19. The number of Topliss-reactive ketones (excluding diaryl/α,β-unsaturated/α-hetero) is 1. The number of esters is 1. The van der Waals surface area contributed by atoms with Gasteiger partial charge in [0.25, 0.3) is 0 Å². The van der Waals surface area contributed by atoms with E-state index in [4.69, 9.17) is 16.3 Å². The molecule has 4 nitrogen and oxygen atoms in total. The number of cyclic esters (lactones) is 1. The summed E-state index contributed by atoms with van der Waals surface area (Å²) in [7, 11) is 0. The first kappa shape index (κ1) is 13.8. The maximum absolute atomic E-state index is 11.7. The van der Waals surface area contributed by atoms with Crippen molar-refractivity contribution in [3.8, 4) is 11.1 Å². The van der Waals surface area contributed by atoms with E-state index in [0.29, 0.717) is 10.6 Å². The number of hydrogen-bond donors (Lipinski definition) is 1. The van der Waals surface area contributed by atoms with Gasteiger partial charge >= 0.3 is 5.97 Å². The summed E-state index contributed by atoms with van der Waals surface area (Å²) in [6.45, 7) is 0. The first-order valence-corrected chi connectivity index (χ1v) is 6.72. The van der Waals surface area contributed by atoms with Crippen LogP contribution in [0.1, 0.15) is 11.7 Å². The molecule has 2 aromatic carbocycles. The van der Waals surface area contributed by atoms with Crippen LogP contribution in [0.15, 0.2) is 48.5 Å². The van der Waals surface area contributed by atoms with Crippen LogP contribution in [0.25, 0.3) is 11.1 Å². The third-order valence-electron chi connectivity index (χ3n) is 3.38. The van der Waals surface area contributed by atoms with Gasteiger partial charge in [0.2, 0.25) is 11.9 Å². The highest BCUT2D eigenvalue weighted by molar-refractivity contribution is 6.30. The molecule has 3 rings (SSSR count). The minimum Gasteiger partial charge on any atom is -0.447 e. The fraction of sp³-hybridized carbons (Fsp3) is 0.125. The van der Waals surface area contributed by atoms with Crippen molar-refractivity contribution in [3.05, 3.63) is 59.1 Å². The van der Waals surface area contributed by atoms with Gasteiger partial charge in [0.15, 0.2) is 6.10 Å². The van der Waals surface area contributed by atoms with E-state index in [-0.39, 0.29) is 0 Å². The molecule has 0 amide bonds. The summed E-state index contributed by atoms with van der Waals surface area (Å²) in [5.41, 5.74) is 2.48. The summed E-state index contributed by atoms with van der Waals surface area (Å²) < 4.78 is 4.88. The number of benzene rings is 2. The minimum absolute atomic E-state index is 0.544. The summed E-state index contributed by atoms with van der Waals surface area (Å²) in [6.07, 6.45) is -2.70. The van der Waals surface area contributed by atoms with Crippen molar-refractivity contribution in [1.82, 2.24) is 0 Å². The lowest BCUT2D eigenvalue weighted by atomic mass is 10.00. The molecule has 0 saturated carbocycles. The fourth-order valence-corrected chi connectivity index (χ4v) is 2.35. The zero-order chi connectivity index (χ0) is 15.0. The molecule has 1 N–H and O–H groups in total. The molecule has 0 aromatic heterocycles. The molecule has 2 aromatic rings. The average molecular weight is 303 g/mol. The summed E-state index contributed by atoms with van der Waals surface area (Å²) >= 11 is 5.84. The van der Waals surface area contributed by atoms with Crippen molar-refractivity contribution in [2.75, 3.05) is 0 Å². The summed E-state index contributed by atoms with van der Waals surface area (Å²) in [6, 6.07) is 14.4. The van der Waals surface area contributed by atoms with Crippen LogP contribution in [0, 0.1) is 0 Å². The van der Waals surface area contributed by atoms with Crippen LogP contribution >= 0.6 is 11.6 Å². The highest BCUT2D eigenvalue weighted by Gasteiger charge is 2.42. The molecule has 106 valence electrons. The molecule has 0 radical (unpaired) electrons. The van der Waals surface area contributed by atoms with Crippen LogP contribution in [0.3, 0.4) is 0 Å². The number of carbonyl (C=O) groups is 2. The van der Waals surface area contributed by atoms with Gasteiger partial charge in [-0.25, -0.2) is 4.79 Å². The second-order valence-electron chi connectivity index (χ2n) is 4.75. The molecule has 1 saturated heterocycles. The van der Waals surface area contributed by atoms with E-state index in [0.717, 1.165) is 11.1 Å². The van der Waals surface area contributed by atoms with Gasteiger partial charge in [-0.15, -0.1) is 0 Å². The Labute approximate surface area is 125 Å². The summed E-state index contributed by atoms with van der Waals surface area (Å²) in [5.74, 6) is -1.52. The number of carbonyl (C=O) groups excluding carboxylic acids is 2. The molecule has 0 aliphatic carbocycles. The van der Waals surface area contributed by atoms with Gasteiger partial charge < -0.3 is 9.84 Å². The summed E-state index contributed by atoms with van der Waals surface area (Å²) in [4.78, 5) is 22.9. The Morgan fingerprint density at radius 1 is 0.905 bits per heavy atom. The Balaban J connectivity index is 1.86. The number of halogens is 1. The van der Waals surface area contributed by atoms with Gasteiger partial charge in [-0.1, -0.05) is 48.0 Å². The van der Waals surface area contributed by atoms with Crippen LogP contribution in [0.5, 0.6) is 0 Å². The van der Waals surface area contributed by atoms with Crippen LogP contribution in [-0.4, -0.2) is 23.0 Å². The van der Waals surface area contributed by atoms with Gasteiger partial charge in [0.05, 0.1) is 0 Å². The maximum Gasteiger partial charge on any atom is 0.344 e. The quantitative estimate of drug-likeness (QED) is 0.684. The van der Waals surface area contributed by atoms with Crippen LogP contribution in [0.4, 0.5) is 0 Å². The lowest BCUT2D eigenvalue weighted by Gasteiger charge is -2.09. The molecule has 1 aliphatic rings. The molecule has 21 heavy (non-hydrogen) atoms. The lowest BCUT2D eigenvalue weighted by Crippen LogP contribution is -2.21. The van der Waals surface area contributed by atoms with Crippen LogP contribution < -0.4 is 0 Å². The number of rotatable bonds is 2. The Morgan fingerprint density at radius 2 is 1.43 bits per heavy atom. The van der Waals surface area contributed by atoms with Crippen molar-refractivity contribution in [2.24, 2.45) is 0 Å². The van der Waals surface area contributed by atoms with Crippen LogP contribution in [-0.2, 0) is 14.3 Å². The van der Waals surface area contributed by atoms with Crippen LogP contribution in [0.2, 0.25) is 5.02 Å². The molecule has 2 atom stereocenters. The van der Waals surface area contributed by atoms with E-state index in [1.54, 1.807) is 24.3 Å². The van der Waals surface area contributed by atoms with E-state index in [9.17, 15) is 14.7 Å². The molecular formula is C16H11ClO4. The average Bonchev–Trinajstić information content (AvgIpc) is 2.76. The Hall–Kier alpha value is -2.17. The van der Waals surface area contributed by atoms with Crippen molar-refractivity contribution < 1.29 is 19.4 Å². The normalized spacial score (nSPS) is 21.4. The number of hydrogen-bond acceptors (Lipinski definition) is 4. The van der Waals surface area contributed by atoms with Crippen molar-refractivity contribution in [1.29, 1.82) is 0 Å². The largest absolute Gasteiger partial charge is 0.447 e. The molecule has 2 unspecified atom stereocenters. The molecule has 1 fully saturated rings. The lowest BCUT2D eigenvalue weighted by molar-refractivity contribution is -0.147. The highest BCUT2D eigenvalue weighted by Crippen LogP contribution is 2.29. The Bertz CT molecular complexity index is 691. The molecule has 1 aliphatic heterocycles. The van der Waals surface area contributed by atoms with E-state index in [1.165, 1.54) is 0 Å². The SMILES string of the molecule is O=C1OC(c2ccc(-c3ccc(Cl)cc3)cc2)C(=O)C1O. The fourth-order valence-electron chi connectivity index (χ4n) is 2.22. The van der Waals surface area contributed by atoms with Crippen molar-refractivity contribution in [3.63, 3.8) is 0 Å². The number of aliphatic hydroxyl groups excluding tert-OH is 1. The molecule has 1 heterocycles. The first-order chi connectivity index (χ1) is 10.1. The Kier molecular flexibility index (Phi) is 3.49. The van der Waals surface area contributed by atoms with Gasteiger partial charge in [-0.3, -0.25) is 4.79 Å². The third kappa shape index (κ3) is 2.55. The molecule has 0 bridgehead atoms. The van der Waals surface area contributed by atoms with Gasteiger partial charge in [-0.2, -0.15) is 0 Å². The predicted molar refractivity (Wildman–Crippen MR) is 76.7 cm³/mol. The topological polar surface area (TPSA) is 63.6 Å². The zero-order valence-corrected chi connectivity index (χ0v) is 11.6. The first-order valence-electron chi connectivity index (χ1n) is 6.34. The van der Waals surface area contributed by atoms with Crippen molar-refractivity contribution >= 4 is 23.4 Å².